The molecule has 0 saturated carbocycles. The average Bonchev–Trinajstić information content (AvgIpc) is 2.75. The summed E-state index contributed by atoms with van der Waals surface area (Å²) in [6, 6.07) is 5.51. The molecule has 1 saturated heterocycles. The van der Waals surface area contributed by atoms with Crippen LogP contribution < -0.4 is 10.2 Å². The molecule has 1 aliphatic rings. The van der Waals surface area contributed by atoms with E-state index in [2.05, 4.69) is 0 Å². The molecule has 0 aliphatic carbocycles. The van der Waals surface area contributed by atoms with Crippen LogP contribution in [0.2, 0.25) is 0 Å². The number of aliphatic hydroxyl groups excluding tert-OH is 3. The number of aliphatic hydroxyl groups is 3. The molecule has 4 rings (SSSR count). The van der Waals surface area contributed by atoms with Crippen molar-refractivity contribution in [2.75, 3.05) is 0 Å². The maximum Gasteiger partial charge on any atom is 0.235 e. The Labute approximate surface area is 179 Å². The molecule has 2 aromatic carbocycles. The molecule has 0 amide bonds. The van der Waals surface area contributed by atoms with E-state index in [9.17, 15) is 40.5 Å². The molecule has 0 bridgehead atoms. The van der Waals surface area contributed by atoms with E-state index in [0.717, 1.165) is 24.3 Å². The SMILES string of the molecule is C[C@@H]1O[C@H](Oc2c(-c3ccc(O)c(O)c3)oc3cc(O)c(O)cc3c2=O)[C@H](O)[C@H](O)[C@H]1O. The number of benzene rings is 2. The fraction of sp³-hybridized carbons (Fsp3) is 0.286. The third kappa shape index (κ3) is 3.56. The highest BCUT2D eigenvalue weighted by molar-refractivity contribution is 5.85. The number of hydrogen-bond acceptors (Lipinski definition) is 11. The number of rotatable bonds is 3. The molecule has 0 radical (unpaired) electrons. The zero-order valence-corrected chi connectivity index (χ0v) is 16.5. The Kier molecular flexibility index (Phi) is 5.34. The number of hydrogen-bond donors (Lipinski definition) is 7. The minimum atomic E-state index is -1.73. The molecule has 1 aliphatic heterocycles. The molecule has 0 unspecified atom stereocenters. The summed E-state index contributed by atoms with van der Waals surface area (Å²) in [6.07, 6.45) is -7.29. The zero-order chi connectivity index (χ0) is 23.3. The normalized spacial score (nSPS) is 25.7. The Morgan fingerprint density at radius 1 is 0.844 bits per heavy atom. The van der Waals surface area contributed by atoms with E-state index in [4.69, 9.17) is 13.9 Å². The monoisotopic (exact) mass is 448 g/mol. The maximum atomic E-state index is 13.2. The predicted molar refractivity (Wildman–Crippen MR) is 108 cm³/mol. The smallest absolute Gasteiger partial charge is 0.235 e. The van der Waals surface area contributed by atoms with Gasteiger partial charge in [0.15, 0.2) is 28.8 Å². The van der Waals surface area contributed by atoms with E-state index in [1.54, 1.807) is 0 Å². The minimum Gasteiger partial charge on any atom is -0.504 e. The highest BCUT2D eigenvalue weighted by Gasteiger charge is 2.43. The van der Waals surface area contributed by atoms with Gasteiger partial charge in [-0.3, -0.25) is 4.79 Å². The molecule has 11 heteroatoms. The first-order valence-electron chi connectivity index (χ1n) is 9.50. The molecular formula is C21H20O11. The fourth-order valence-electron chi connectivity index (χ4n) is 3.39. The molecule has 11 nitrogen and oxygen atoms in total. The molecular weight excluding hydrogens is 428 g/mol. The van der Waals surface area contributed by atoms with Gasteiger partial charge in [0.2, 0.25) is 17.5 Å². The molecule has 7 N–H and O–H groups in total. The van der Waals surface area contributed by atoms with Gasteiger partial charge in [0.1, 0.15) is 23.9 Å². The van der Waals surface area contributed by atoms with E-state index in [0.29, 0.717) is 0 Å². The van der Waals surface area contributed by atoms with E-state index >= 15 is 0 Å². The van der Waals surface area contributed by atoms with Crippen LogP contribution >= 0.6 is 0 Å². The lowest BCUT2D eigenvalue weighted by Gasteiger charge is -2.38. The van der Waals surface area contributed by atoms with Gasteiger partial charge < -0.3 is 49.6 Å². The minimum absolute atomic E-state index is 0.0841. The highest BCUT2D eigenvalue weighted by Crippen LogP contribution is 2.39. The Hall–Kier alpha value is -3.51. The first-order valence-corrected chi connectivity index (χ1v) is 9.50. The predicted octanol–water partition coefficient (Wildman–Crippen LogP) is 0.489. The second-order valence-electron chi connectivity index (χ2n) is 7.43. The second kappa shape index (κ2) is 7.88. The zero-order valence-electron chi connectivity index (χ0n) is 16.5. The highest BCUT2D eigenvalue weighted by atomic mass is 16.7. The molecule has 3 aromatic rings. The Morgan fingerprint density at radius 2 is 1.50 bits per heavy atom. The molecule has 32 heavy (non-hydrogen) atoms. The lowest BCUT2D eigenvalue weighted by molar-refractivity contribution is -0.268. The van der Waals surface area contributed by atoms with E-state index in [1.807, 2.05) is 0 Å². The van der Waals surface area contributed by atoms with Crippen LogP contribution in [0.5, 0.6) is 28.7 Å². The largest absolute Gasteiger partial charge is 0.504 e. The number of fused-ring (bicyclic) bond motifs is 1. The van der Waals surface area contributed by atoms with Gasteiger partial charge in [0.05, 0.1) is 11.5 Å². The maximum absolute atomic E-state index is 13.2. The summed E-state index contributed by atoms with van der Waals surface area (Å²) < 4.78 is 16.7. The summed E-state index contributed by atoms with van der Waals surface area (Å²) in [5.41, 5.74) is -0.872. The van der Waals surface area contributed by atoms with Crippen LogP contribution in [0, 0.1) is 0 Å². The Bertz CT molecular complexity index is 1230. The summed E-state index contributed by atoms with van der Waals surface area (Å²) in [7, 11) is 0. The van der Waals surface area contributed by atoms with Gasteiger partial charge in [-0.25, -0.2) is 0 Å². The number of ether oxygens (including phenoxy) is 2. The van der Waals surface area contributed by atoms with Crippen molar-refractivity contribution < 1.29 is 49.6 Å². The topological polar surface area (TPSA) is 190 Å². The summed E-state index contributed by atoms with van der Waals surface area (Å²) in [6.45, 7) is 1.43. The number of aromatic hydroxyl groups is 4. The van der Waals surface area contributed by atoms with Crippen molar-refractivity contribution in [2.24, 2.45) is 0 Å². The molecule has 1 fully saturated rings. The Morgan fingerprint density at radius 3 is 2.19 bits per heavy atom. The summed E-state index contributed by atoms with van der Waals surface area (Å²) in [5.74, 6) is -2.86. The third-order valence-corrected chi connectivity index (χ3v) is 5.23. The van der Waals surface area contributed by atoms with E-state index in [-0.39, 0.29) is 22.3 Å². The van der Waals surface area contributed by atoms with E-state index < -0.39 is 64.9 Å². The van der Waals surface area contributed by atoms with Gasteiger partial charge in [-0.05, 0) is 31.2 Å². The fourth-order valence-corrected chi connectivity index (χ4v) is 3.39. The van der Waals surface area contributed by atoms with Gasteiger partial charge in [0, 0.05) is 11.6 Å². The average molecular weight is 448 g/mol. The molecule has 170 valence electrons. The van der Waals surface area contributed by atoms with Crippen molar-refractivity contribution in [3.63, 3.8) is 0 Å². The lowest BCUT2D eigenvalue weighted by Crippen LogP contribution is -2.58. The van der Waals surface area contributed by atoms with Gasteiger partial charge in [-0.2, -0.15) is 0 Å². The number of phenolic OH excluding ortho intramolecular Hbond substituents is 4. The summed E-state index contributed by atoms with van der Waals surface area (Å²) in [5, 5.41) is 69.0. The van der Waals surface area contributed by atoms with Gasteiger partial charge in [-0.15, -0.1) is 0 Å². The summed E-state index contributed by atoms with van der Waals surface area (Å²) in [4.78, 5) is 13.2. The van der Waals surface area contributed by atoms with Crippen LogP contribution in [-0.4, -0.2) is 66.5 Å². The van der Waals surface area contributed by atoms with Crippen molar-refractivity contribution in [1.29, 1.82) is 0 Å². The van der Waals surface area contributed by atoms with Gasteiger partial charge in [-0.1, -0.05) is 0 Å². The first kappa shape index (κ1) is 21.7. The van der Waals surface area contributed by atoms with Crippen LogP contribution in [0.15, 0.2) is 39.5 Å². The summed E-state index contributed by atoms with van der Waals surface area (Å²) >= 11 is 0. The van der Waals surface area contributed by atoms with Crippen LogP contribution in [0.4, 0.5) is 0 Å². The van der Waals surface area contributed by atoms with Crippen LogP contribution in [-0.2, 0) is 4.74 Å². The lowest BCUT2D eigenvalue weighted by atomic mass is 10.00. The van der Waals surface area contributed by atoms with Gasteiger partial charge >= 0.3 is 0 Å². The molecule has 0 spiro atoms. The molecule has 5 atom stereocenters. The Balaban J connectivity index is 1.91. The van der Waals surface area contributed by atoms with Crippen molar-refractivity contribution in [3.8, 4) is 40.1 Å². The quantitative estimate of drug-likeness (QED) is 0.276. The van der Waals surface area contributed by atoms with Crippen LogP contribution in [0.1, 0.15) is 6.92 Å². The number of phenols is 4. The van der Waals surface area contributed by atoms with E-state index in [1.165, 1.54) is 13.0 Å². The standard InChI is InChI=1S/C21H20O11/c1-7-15(26)17(28)18(29)21(30-7)32-20-16(27)9-5-12(24)13(25)6-14(9)31-19(20)8-2-3-10(22)11(23)4-8/h2-7,15,17-18,21-26,28-29H,1H3/t7-,15-,17+,18+,21+/m0/s1. The van der Waals surface area contributed by atoms with Crippen molar-refractivity contribution in [3.05, 3.63) is 40.6 Å². The van der Waals surface area contributed by atoms with Crippen LogP contribution in [0.3, 0.4) is 0 Å². The molecule has 2 heterocycles. The molecule has 1 aromatic heterocycles. The van der Waals surface area contributed by atoms with Crippen molar-refractivity contribution >= 4 is 11.0 Å². The van der Waals surface area contributed by atoms with Crippen molar-refractivity contribution in [1.82, 2.24) is 0 Å². The van der Waals surface area contributed by atoms with Crippen molar-refractivity contribution in [2.45, 2.75) is 37.6 Å². The van der Waals surface area contributed by atoms with Crippen LogP contribution in [0.25, 0.3) is 22.3 Å². The second-order valence-corrected chi connectivity index (χ2v) is 7.43. The first-order chi connectivity index (χ1) is 15.1. The third-order valence-electron chi connectivity index (χ3n) is 5.23. The van der Waals surface area contributed by atoms with Gasteiger partial charge in [0.25, 0.3) is 0 Å².